The minimum Gasteiger partial charge on any atom is -0.508 e. The van der Waals surface area contributed by atoms with Gasteiger partial charge in [0.1, 0.15) is 17.4 Å². The number of methoxy groups -OCH3 is 2. The van der Waals surface area contributed by atoms with Gasteiger partial charge in [0, 0.05) is 41.5 Å². The summed E-state index contributed by atoms with van der Waals surface area (Å²) < 4.78 is 27.4. The van der Waals surface area contributed by atoms with Crippen LogP contribution in [0.15, 0.2) is 53.8 Å². The summed E-state index contributed by atoms with van der Waals surface area (Å²) in [6.45, 7) is 0. The topological polar surface area (TPSA) is 132 Å². The molecule has 39 heavy (non-hydrogen) atoms. The molecule has 2 heterocycles. The molecule has 0 amide bonds. The number of nitrogens with one attached hydrogen (secondary N) is 1. The first-order valence-electron chi connectivity index (χ1n) is 12.6. The van der Waals surface area contributed by atoms with Gasteiger partial charge in [0.15, 0.2) is 11.5 Å². The third kappa shape index (κ3) is 5.43. The molecule has 6 N–H and O–H groups in total. The second-order valence-corrected chi connectivity index (χ2v) is 9.97. The van der Waals surface area contributed by atoms with Crippen molar-refractivity contribution in [1.29, 1.82) is 0 Å². The maximum absolute atomic E-state index is 15.1. The van der Waals surface area contributed by atoms with E-state index in [9.17, 15) is 5.11 Å². The lowest BCUT2D eigenvalue weighted by atomic mass is 9.91. The third-order valence-corrected chi connectivity index (χ3v) is 7.29. The first kappa shape index (κ1) is 26.6. The summed E-state index contributed by atoms with van der Waals surface area (Å²) in [5.74, 6) is 0.478. The van der Waals surface area contributed by atoms with Crippen LogP contribution in [0, 0.1) is 5.82 Å². The maximum atomic E-state index is 15.1. The van der Waals surface area contributed by atoms with Crippen molar-refractivity contribution >= 4 is 34.3 Å². The van der Waals surface area contributed by atoms with Crippen molar-refractivity contribution < 1.29 is 19.0 Å². The first-order chi connectivity index (χ1) is 18.8. The van der Waals surface area contributed by atoms with E-state index in [0.717, 1.165) is 25.7 Å². The number of aromatic nitrogens is 2. The van der Waals surface area contributed by atoms with Gasteiger partial charge in [-0.2, -0.15) is 5.10 Å². The van der Waals surface area contributed by atoms with E-state index >= 15 is 4.39 Å². The van der Waals surface area contributed by atoms with Gasteiger partial charge in [-0.05, 0) is 49.9 Å². The first-order valence-corrected chi connectivity index (χ1v) is 12.9. The number of fused-ring (bicyclic) bond motifs is 1. The Labute approximate surface area is 230 Å². The fraction of sp³-hybridized carbons (Fsp3) is 0.286. The standard InChI is InChI=1S/C28H30ClFN6O3/c1-38-25-11-19(22(30)12-26(25)39-2)15-9-24-27(34-17-5-3-16(31)4-6-17)20(13-33-36(24)14-15)28(32)35-23-8-7-18(37)10-21(23)29/h7-14,16-17,34,37H,3-6,31H2,1-2H3,(H2,32,35). The number of phenols is 1. The number of amidine groups is 1. The lowest BCUT2D eigenvalue weighted by Gasteiger charge is -2.28. The summed E-state index contributed by atoms with van der Waals surface area (Å²) in [6.07, 6.45) is 6.97. The van der Waals surface area contributed by atoms with Crippen LogP contribution in [-0.2, 0) is 0 Å². The number of aliphatic imine (C=N–C) groups is 1. The van der Waals surface area contributed by atoms with E-state index in [4.69, 9.17) is 32.5 Å². The Balaban J connectivity index is 1.63. The minimum absolute atomic E-state index is 0.0292. The van der Waals surface area contributed by atoms with Crippen molar-refractivity contribution in [1.82, 2.24) is 9.61 Å². The Morgan fingerprint density at radius 1 is 1.13 bits per heavy atom. The molecule has 0 spiro atoms. The van der Waals surface area contributed by atoms with Gasteiger partial charge in [-0.15, -0.1) is 0 Å². The molecule has 2 aromatic heterocycles. The fourth-order valence-corrected chi connectivity index (χ4v) is 5.09. The van der Waals surface area contributed by atoms with Crippen molar-refractivity contribution in [3.05, 3.63) is 65.2 Å². The van der Waals surface area contributed by atoms with Crippen LogP contribution in [0.2, 0.25) is 5.02 Å². The molecule has 2 aromatic carbocycles. The molecule has 1 fully saturated rings. The van der Waals surface area contributed by atoms with E-state index in [-0.39, 0.29) is 28.7 Å². The molecule has 0 bridgehead atoms. The molecule has 1 aliphatic rings. The molecule has 0 aliphatic heterocycles. The summed E-state index contributed by atoms with van der Waals surface area (Å²) in [6, 6.07) is 9.57. The number of aromatic hydroxyl groups is 1. The van der Waals surface area contributed by atoms with Crippen molar-refractivity contribution in [2.45, 2.75) is 37.8 Å². The maximum Gasteiger partial charge on any atom is 0.163 e. The largest absolute Gasteiger partial charge is 0.508 e. The zero-order chi connectivity index (χ0) is 27.7. The second-order valence-electron chi connectivity index (χ2n) is 9.57. The molecule has 11 heteroatoms. The lowest BCUT2D eigenvalue weighted by Crippen LogP contribution is -2.33. The Kier molecular flexibility index (Phi) is 7.49. The predicted octanol–water partition coefficient (Wildman–Crippen LogP) is 5.24. The van der Waals surface area contributed by atoms with Crippen LogP contribution in [0.25, 0.3) is 16.6 Å². The van der Waals surface area contributed by atoms with E-state index < -0.39 is 5.82 Å². The van der Waals surface area contributed by atoms with Crippen LogP contribution < -0.4 is 26.3 Å². The highest BCUT2D eigenvalue weighted by Crippen LogP contribution is 2.37. The van der Waals surface area contributed by atoms with Crippen LogP contribution >= 0.6 is 11.6 Å². The Bertz CT molecular complexity index is 1550. The van der Waals surface area contributed by atoms with Gasteiger partial charge in [-0.25, -0.2) is 13.9 Å². The molecule has 4 aromatic rings. The van der Waals surface area contributed by atoms with Gasteiger partial charge in [-0.3, -0.25) is 0 Å². The van der Waals surface area contributed by atoms with Crippen molar-refractivity contribution in [3.8, 4) is 28.4 Å². The highest BCUT2D eigenvalue weighted by molar-refractivity contribution is 6.33. The average molecular weight is 553 g/mol. The number of benzene rings is 2. The van der Waals surface area contributed by atoms with Crippen LogP contribution in [0.1, 0.15) is 31.2 Å². The van der Waals surface area contributed by atoms with Gasteiger partial charge in [0.2, 0.25) is 0 Å². The number of phenolic OH excluding ortho intramolecular Hbond substituents is 1. The van der Waals surface area contributed by atoms with Gasteiger partial charge in [0.05, 0.1) is 47.9 Å². The van der Waals surface area contributed by atoms with E-state index in [1.165, 1.54) is 32.4 Å². The molecule has 0 unspecified atom stereocenters. The average Bonchev–Trinajstić information content (AvgIpc) is 3.36. The zero-order valence-corrected chi connectivity index (χ0v) is 22.4. The van der Waals surface area contributed by atoms with Crippen LogP contribution in [0.3, 0.4) is 0 Å². The van der Waals surface area contributed by atoms with E-state index in [2.05, 4.69) is 15.4 Å². The molecule has 0 radical (unpaired) electrons. The molecular formula is C28H30ClFN6O3. The SMILES string of the molecule is COc1cc(F)c(-c2cc3c(NC4CCC(N)CC4)c(C(N)=Nc4ccc(O)cc4Cl)cnn3c2)cc1OC. The molecule has 0 saturated heterocycles. The third-order valence-electron chi connectivity index (χ3n) is 6.99. The van der Waals surface area contributed by atoms with Crippen LogP contribution in [0.4, 0.5) is 15.8 Å². The normalized spacial score (nSPS) is 17.8. The van der Waals surface area contributed by atoms with Crippen molar-refractivity contribution in [2.75, 3.05) is 19.5 Å². The second kappa shape index (κ2) is 11.0. The molecule has 1 saturated carbocycles. The number of hydrogen-bond donors (Lipinski definition) is 4. The summed E-state index contributed by atoms with van der Waals surface area (Å²) in [4.78, 5) is 4.52. The van der Waals surface area contributed by atoms with Gasteiger partial charge in [0.25, 0.3) is 0 Å². The summed E-state index contributed by atoms with van der Waals surface area (Å²) in [5, 5.41) is 18.1. The van der Waals surface area contributed by atoms with Gasteiger partial charge in [-0.1, -0.05) is 11.6 Å². The summed E-state index contributed by atoms with van der Waals surface area (Å²) in [5.41, 5.74) is 16.0. The number of nitrogens with zero attached hydrogens (tertiary/aromatic N) is 3. The fourth-order valence-electron chi connectivity index (χ4n) is 4.87. The van der Waals surface area contributed by atoms with E-state index in [0.29, 0.717) is 45.1 Å². The van der Waals surface area contributed by atoms with Crippen LogP contribution in [0.5, 0.6) is 17.2 Å². The van der Waals surface area contributed by atoms with E-state index in [1.54, 1.807) is 29.0 Å². The highest BCUT2D eigenvalue weighted by atomic mass is 35.5. The minimum atomic E-state index is -0.456. The molecule has 1 aliphatic carbocycles. The molecule has 5 rings (SSSR count). The monoisotopic (exact) mass is 552 g/mol. The molecule has 204 valence electrons. The number of halogens is 2. The Morgan fingerprint density at radius 2 is 1.85 bits per heavy atom. The number of nitrogens with two attached hydrogens (primary N) is 2. The molecule has 9 nitrogen and oxygen atoms in total. The highest BCUT2D eigenvalue weighted by Gasteiger charge is 2.23. The molecule has 0 atom stereocenters. The van der Waals surface area contributed by atoms with Gasteiger partial charge >= 0.3 is 0 Å². The quantitative estimate of drug-likeness (QED) is 0.182. The number of hydrogen-bond acceptors (Lipinski definition) is 7. The van der Waals surface area contributed by atoms with E-state index in [1.807, 2.05) is 6.07 Å². The molecular weight excluding hydrogens is 523 g/mol. The zero-order valence-electron chi connectivity index (χ0n) is 21.6. The van der Waals surface area contributed by atoms with Crippen molar-refractivity contribution in [3.63, 3.8) is 0 Å². The van der Waals surface area contributed by atoms with Gasteiger partial charge < -0.3 is 31.4 Å². The summed E-state index contributed by atoms with van der Waals surface area (Å²) in [7, 11) is 2.96. The Morgan fingerprint density at radius 3 is 2.54 bits per heavy atom. The Hall–Kier alpha value is -4.02. The number of rotatable bonds is 7. The summed E-state index contributed by atoms with van der Waals surface area (Å²) >= 11 is 6.27. The van der Waals surface area contributed by atoms with Crippen LogP contribution in [-0.4, -0.2) is 46.9 Å². The number of ether oxygens (including phenoxy) is 2. The predicted molar refractivity (Wildman–Crippen MR) is 151 cm³/mol. The lowest BCUT2D eigenvalue weighted by molar-refractivity contribution is 0.352. The van der Waals surface area contributed by atoms with Crippen molar-refractivity contribution in [2.24, 2.45) is 16.5 Å². The smallest absolute Gasteiger partial charge is 0.163 e. The number of anilines is 1.